The van der Waals surface area contributed by atoms with Gasteiger partial charge in [0.1, 0.15) is 30.2 Å². The average molecular weight is 769 g/mol. The first-order valence-electron chi connectivity index (χ1n) is 15.6. The van der Waals surface area contributed by atoms with Crippen molar-refractivity contribution < 1.29 is 64.2 Å². The maximum Gasteiger partial charge on any atom is 0.320 e. The number of H-pyrrole nitrogens is 1. The van der Waals surface area contributed by atoms with Gasteiger partial charge in [0.15, 0.2) is 5.96 Å². The fourth-order valence-corrected chi connectivity index (χ4v) is 2.82. The van der Waals surface area contributed by atoms with Crippen LogP contribution in [0.15, 0.2) is 17.5 Å². The van der Waals surface area contributed by atoms with Crippen LogP contribution >= 0.6 is 0 Å². The van der Waals surface area contributed by atoms with Crippen molar-refractivity contribution in [1.29, 1.82) is 0 Å². The van der Waals surface area contributed by atoms with Gasteiger partial charge in [0.05, 0.1) is 6.33 Å². The number of aromatic amines is 1. The number of carboxylic acids is 6. The number of carboxylic acid groups (broad SMARTS) is 6. The second kappa shape index (κ2) is 33.7. The molecule has 0 fully saturated rings. The van der Waals surface area contributed by atoms with Crippen molar-refractivity contribution >= 4 is 47.7 Å². The molecule has 0 bridgehead atoms. The lowest BCUT2D eigenvalue weighted by Crippen LogP contribution is -2.32. The summed E-state index contributed by atoms with van der Waals surface area (Å²) < 4.78 is 0. The van der Waals surface area contributed by atoms with E-state index in [2.05, 4.69) is 15.0 Å². The molecule has 0 aliphatic rings. The summed E-state index contributed by atoms with van der Waals surface area (Å²) in [6.45, 7) is 1.02. The SMILES string of the molecule is NC(=O)CCC(N)C(=O)O.NC(CCC(=O)O)C(=O)O.NC(Cc1cnc[nH]1)C(=O)O.NC(N)=NCCCC(N)C(=O)O.NCCCCC(N)C(=O)O. The third kappa shape index (κ3) is 40.8. The molecular weight excluding hydrogens is 712 g/mol. The van der Waals surface area contributed by atoms with Crippen molar-refractivity contribution in [3.05, 3.63) is 18.2 Å². The van der Waals surface area contributed by atoms with Gasteiger partial charge in [-0.1, -0.05) is 6.42 Å². The van der Waals surface area contributed by atoms with Crippen LogP contribution < -0.4 is 51.6 Å². The van der Waals surface area contributed by atoms with Crippen molar-refractivity contribution in [2.24, 2.45) is 56.6 Å². The summed E-state index contributed by atoms with van der Waals surface area (Å²) in [5, 5.41) is 49.6. The van der Waals surface area contributed by atoms with Crippen LogP contribution in [0.5, 0.6) is 0 Å². The highest BCUT2D eigenvalue weighted by Gasteiger charge is 2.14. The van der Waals surface area contributed by atoms with E-state index in [1.54, 1.807) is 6.20 Å². The normalized spacial score (nSPS) is 12.6. The Morgan fingerprint density at radius 1 is 0.623 bits per heavy atom. The van der Waals surface area contributed by atoms with E-state index < -0.39 is 71.9 Å². The molecule has 1 rings (SSSR count). The summed E-state index contributed by atoms with van der Waals surface area (Å²) in [5.41, 5.74) is 46.6. The van der Waals surface area contributed by atoms with E-state index in [9.17, 15) is 33.6 Å². The number of unbranched alkanes of at least 4 members (excludes halogenated alkanes) is 1. The number of nitrogens with zero attached hydrogens (tertiary/aromatic N) is 2. The number of carbonyl (C=O) groups excluding carboxylic acids is 1. The number of amides is 1. The Bertz CT molecular complexity index is 1200. The molecule has 1 aromatic heterocycles. The van der Waals surface area contributed by atoms with E-state index in [1.165, 1.54) is 6.33 Å². The Morgan fingerprint density at radius 3 is 1.38 bits per heavy atom. The summed E-state index contributed by atoms with van der Waals surface area (Å²) in [6, 6.07) is -4.43. The van der Waals surface area contributed by atoms with Gasteiger partial charge < -0.3 is 87.2 Å². The monoisotopic (exact) mass is 768 g/mol. The molecule has 1 aromatic rings. The minimum Gasteiger partial charge on any atom is -0.481 e. The molecule has 25 N–H and O–H groups in total. The third-order valence-electron chi connectivity index (χ3n) is 5.89. The molecule has 0 saturated carbocycles. The highest BCUT2D eigenvalue weighted by atomic mass is 16.4. The van der Waals surface area contributed by atoms with Crippen LogP contribution in [0.2, 0.25) is 0 Å². The van der Waals surface area contributed by atoms with Crippen LogP contribution in [-0.2, 0) is 40.0 Å². The van der Waals surface area contributed by atoms with Crippen molar-refractivity contribution in [3.63, 3.8) is 0 Å². The largest absolute Gasteiger partial charge is 0.481 e. The summed E-state index contributed by atoms with van der Waals surface area (Å²) in [7, 11) is 0. The number of imidazole rings is 1. The van der Waals surface area contributed by atoms with Crippen LogP contribution in [0, 0.1) is 0 Å². The molecule has 5 atom stereocenters. The number of hydrogen-bond donors (Lipinski definition) is 16. The van der Waals surface area contributed by atoms with Gasteiger partial charge in [0.25, 0.3) is 0 Å². The summed E-state index contributed by atoms with van der Waals surface area (Å²) in [4.78, 5) is 80.8. The fourth-order valence-electron chi connectivity index (χ4n) is 2.82. The standard InChI is InChI=1S/C6H14N4O2.C6H9N3O2.C6H14N2O2.C5H10N2O3.C5H9NO4/c7-4(5(11)12)2-1-3-10-6(8)9;7-5(6(10)11)1-4-2-8-3-9-4;7-4-2-1-3-5(8)6(9)10;2*6-3(5(9)10)1-2-4(7)8/h4H,1-3,7H2,(H,11,12)(H4,8,9,10);2-3,5H,1,7H2,(H,8,9)(H,10,11);5H,1-4,7-8H2,(H,9,10);3H,1-2,6H2,(H2,7,8)(H,9,10);3H,1-2,6H2,(H,7,8)(H,9,10). The molecule has 306 valence electrons. The molecule has 0 aliphatic heterocycles. The molecule has 25 heteroatoms. The Labute approximate surface area is 304 Å². The lowest BCUT2D eigenvalue weighted by atomic mass is 10.1. The molecule has 53 heavy (non-hydrogen) atoms. The summed E-state index contributed by atoms with van der Waals surface area (Å²) in [6.07, 6.45) is 6.35. The van der Waals surface area contributed by atoms with E-state index in [0.717, 1.165) is 18.5 Å². The quantitative estimate of drug-likeness (QED) is 0.0317. The smallest absolute Gasteiger partial charge is 0.320 e. The number of hydrogen-bond acceptors (Lipinski definition) is 15. The number of aliphatic imine (C=N–C) groups is 1. The van der Waals surface area contributed by atoms with Crippen molar-refractivity contribution in [2.75, 3.05) is 13.1 Å². The molecule has 0 aromatic carbocycles. The zero-order valence-electron chi connectivity index (χ0n) is 29.2. The van der Waals surface area contributed by atoms with Crippen molar-refractivity contribution in [1.82, 2.24) is 9.97 Å². The zero-order chi connectivity index (χ0) is 42.1. The predicted molar refractivity (Wildman–Crippen MR) is 188 cm³/mol. The van der Waals surface area contributed by atoms with Crippen LogP contribution in [0.1, 0.15) is 63.5 Å². The Morgan fingerprint density at radius 2 is 1.04 bits per heavy atom. The summed E-state index contributed by atoms with van der Waals surface area (Å²) >= 11 is 0. The number of nitrogens with one attached hydrogen (secondary N) is 1. The van der Waals surface area contributed by atoms with Gasteiger partial charge in [-0.25, -0.2) is 4.98 Å². The lowest BCUT2D eigenvalue weighted by molar-refractivity contribution is -0.141. The van der Waals surface area contributed by atoms with E-state index in [4.69, 9.17) is 82.2 Å². The molecule has 1 heterocycles. The first-order chi connectivity index (χ1) is 24.5. The van der Waals surface area contributed by atoms with Gasteiger partial charge in [-0.15, -0.1) is 0 Å². The number of carbonyl (C=O) groups is 7. The number of primary amides is 1. The van der Waals surface area contributed by atoms with Crippen molar-refractivity contribution in [2.45, 2.75) is 94.4 Å². The van der Waals surface area contributed by atoms with Gasteiger partial charge in [-0.3, -0.25) is 38.6 Å². The van der Waals surface area contributed by atoms with Gasteiger partial charge >= 0.3 is 35.8 Å². The first kappa shape index (κ1) is 54.3. The van der Waals surface area contributed by atoms with Gasteiger partial charge in [-0.05, 0) is 45.1 Å². The minimum absolute atomic E-state index is 0.0129. The molecule has 5 unspecified atom stereocenters. The number of nitrogens with two attached hydrogens (primary N) is 9. The second-order valence-corrected chi connectivity index (χ2v) is 10.7. The molecule has 25 nitrogen and oxygen atoms in total. The number of rotatable bonds is 21. The average Bonchev–Trinajstić information content (AvgIpc) is 3.58. The third-order valence-corrected chi connectivity index (χ3v) is 5.89. The predicted octanol–water partition coefficient (Wildman–Crippen LogP) is -4.73. The maximum absolute atomic E-state index is 10.3. The van der Waals surface area contributed by atoms with E-state index in [-0.39, 0.29) is 38.1 Å². The molecular formula is C28H56N12O13. The highest BCUT2D eigenvalue weighted by molar-refractivity contribution is 5.77. The Hall–Kier alpha value is -5.47. The highest BCUT2D eigenvalue weighted by Crippen LogP contribution is 1.98. The van der Waals surface area contributed by atoms with Crippen LogP contribution in [0.25, 0.3) is 0 Å². The molecule has 1 amide bonds. The van der Waals surface area contributed by atoms with E-state index in [0.29, 0.717) is 32.4 Å². The van der Waals surface area contributed by atoms with Crippen LogP contribution in [-0.4, -0.2) is 132 Å². The topological polar surface area (TPSA) is 516 Å². The molecule has 0 radical (unpaired) electrons. The Balaban J connectivity index is -0.000000284. The number of guanidine groups is 1. The number of aliphatic carboxylic acids is 6. The molecule has 0 aliphatic carbocycles. The fraction of sp³-hybridized carbons (Fsp3) is 0.607. The summed E-state index contributed by atoms with van der Waals surface area (Å²) in [5.74, 6) is -6.76. The van der Waals surface area contributed by atoms with Crippen molar-refractivity contribution in [3.8, 4) is 0 Å². The van der Waals surface area contributed by atoms with Crippen LogP contribution in [0.4, 0.5) is 0 Å². The van der Waals surface area contributed by atoms with E-state index in [1.807, 2.05) is 0 Å². The van der Waals surface area contributed by atoms with E-state index >= 15 is 0 Å². The van der Waals surface area contributed by atoms with Crippen LogP contribution in [0.3, 0.4) is 0 Å². The lowest BCUT2D eigenvalue weighted by Gasteiger charge is -2.03. The van der Waals surface area contributed by atoms with Gasteiger partial charge in [0, 0.05) is 37.7 Å². The zero-order valence-corrected chi connectivity index (χ0v) is 29.2. The first-order valence-corrected chi connectivity index (χ1v) is 15.6. The second-order valence-electron chi connectivity index (χ2n) is 10.7. The molecule has 0 saturated heterocycles. The number of aromatic nitrogens is 2. The van der Waals surface area contributed by atoms with Gasteiger partial charge in [-0.2, -0.15) is 0 Å². The molecule has 0 spiro atoms. The van der Waals surface area contributed by atoms with Gasteiger partial charge in [0.2, 0.25) is 5.91 Å². The maximum atomic E-state index is 10.3. The minimum atomic E-state index is -1.17. The Kier molecular flexibility index (Phi) is 34.5.